The fourth-order valence-corrected chi connectivity index (χ4v) is 0.809. The molecule has 0 amide bonds. The molecule has 5 heteroatoms. The first-order chi connectivity index (χ1) is 4.63. The highest BCUT2D eigenvalue weighted by Crippen LogP contribution is 2.08. The molecule has 62 valence electrons. The van der Waals surface area contributed by atoms with Gasteiger partial charge in [0.15, 0.2) is 0 Å². The highest BCUT2D eigenvalue weighted by atomic mass is 79.9. The average Bonchev–Trinajstić information content (AvgIpc) is 2.00. The van der Waals surface area contributed by atoms with E-state index in [9.17, 15) is 0 Å². The van der Waals surface area contributed by atoms with Gasteiger partial charge in [0.25, 0.3) is 0 Å². The summed E-state index contributed by atoms with van der Waals surface area (Å²) in [5, 5.41) is 34.5. The highest BCUT2D eigenvalue weighted by Gasteiger charge is 2.22. The SMILES string of the molecule is OC[C@@H](O)[C@@H](O)[C@H](Br)CO. The molecule has 4 nitrogen and oxygen atoms in total. The second kappa shape index (κ2) is 5.03. The Labute approximate surface area is 67.2 Å². The van der Waals surface area contributed by atoms with Gasteiger partial charge < -0.3 is 20.4 Å². The molecule has 0 bridgehead atoms. The minimum atomic E-state index is -1.20. The number of aliphatic hydroxyl groups excluding tert-OH is 4. The molecule has 0 fully saturated rings. The van der Waals surface area contributed by atoms with E-state index in [2.05, 4.69) is 15.9 Å². The Morgan fingerprint density at radius 2 is 1.60 bits per heavy atom. The summed E-state index contributed by atoms with van der Waals surface area (Å²) in [5.74, 6) is 0. The molecule has 0 radical (unpaired) electrons. The van der Waals surface area contributed by atoms with Gasteiger partial charge in [0.1, 0.15) is 6.10 Å². The van der Waals surface area contributed by atoms with Crippen molar-refractivity contribution in [3.8, 4) is 0 Å². The van der Waals surface area contributed by atoms with Crippen molar-refractivity contribution in [2.45, 2.75) is 17.0 Å². The van der Waals surface area contributed by atoms with Gasteiger partial charge in [0.2, 0.25) is 0 Å². The van der Waals surface area contributed by atoms with Crippen LogP contribution in [0.5, 0.6) is 0 Å². The molecule has 0 aromatic carbocycles. The van der Waals surface area contributed by atoms with Crippen molar-refractivity contribution in [3.63, 3.8) is 0 Å². The van der Waals surface area contributed by atoms with Crippen LogP contribution in [0.25, 0.3) is 0 Å². The first-order valence-corrected chi connectivity index (χ1v) is 3.77. The number of aliphatic hydroxyl groups is 4. The summed E-state index contributed by atoms with van der Waals surface area (Å²) < 4.78 is 0. The van der Waals surface area contributed by atoms with Gasteiger partial charge in [-0.1, -0.05) is 15.9 Å². The molecule has 0 aliphatic heterocycles. The normalized spacial score (nSPS) is 20.1. The lowest BCUT2D eigenvalue weighted by molar-refractivity contribution is -0.0193. The van der Waals surface area contributed by atoms with Crippen LogP contribution in [0.1, 0.15) is 0 Å². The Morgan fingerprint density at radius 3 is 1.90 bits per heavy atom. The van der Waals surface area contributed by atoms with Crippen molar-refractivity contribution in [2.75, 3.05) is 13.2 Å². The van der Waals surface area contributed by atoms with Crippen LogP contribution in [0.3, 0.4) is 0 Å². The van der Waals surface area contributed by atoms with Crippen LogP contribution >= 0.6 is 15.9 Å². The molecule has 0 aromatic heterocycles. The Balaban J connectivity index is 3.69. The average molecular weight is 215 g/mol. The van der Waals surface area contributed by atoms with Crippen LogP contribution in [0.4, 0.5) is 0 Å². The molecule has 0 aliphatic carbocycles. The monoisotopic (exact) mass is 214 g/mol. The van der Waals surface area contributed by atoms with Crippen LogP contribution in [-0.2, 0) is 0 Å². The number of halogens is 1. The molecule has 0 unspecified atom stereocenters. The third kappa shape index (κ3) is 2.94. The lowest BCUT2D eigenvalue weighted by Crippen LogP contribution is -2.38. The van der Waals surface area contributed by atoms with Crippen molar-refractivity contribution < 1.29 is 20.4 Å². The first-order valence-electron chi connectivity index (χ1n) is 2.85. The molecule has 0 rings (SSSR count). The zero-order chi connectivity index (χ0) is 8.15. The third-order valence-electron chi connectivity index (χ3n) is 1.13. The summed E-state index contributed by atoms with van der Waals surface area (Å²) in [6, 6.07) is 0. The van der Waals surface area contributed by atoms with Crippen molar-refractivity contribution in [1.82, 2.24) is 0 Å². The Bertz CT molecular complexity index is 79.7. The molecule has 0 aromatic rings. The van der Waals surface area contributed by atoms with Gasteiger partial charge in [0.05, 0.1) is 24.1 Å². The van der Waals surface area contributed by atoms with Gasteiger partial charge in [-0.15, -0.1) is 0 Å². The van der Waals surface area contributed by atoms with Gasteiger partial charge in [-0.3, -0.25) is 0 Å². The largest absolute Gasteiger partial charge is 0.395 e. The van der Waals surface area contributed by atoms with E-state index in [1.807, 2.05) is 0 Å². The number of hydrogen-bond donors (Lipinski definition) is 4. The minimum absolute atomic E-state index is 0.280. The van der Waals surface area contributed by atoms with Crippen molar-refractivity contribution >= 4 is 15.9 Å². The zero-order valence-electron chi connectivity index (χ0n) is 5.31. The fraction of sp³-hybridized carbons (Fsp3) is 1.00. The van der Waals surface area contributed by atoms with Gasteiger partial charge >= 0.3 is 0 Å². The van der Waals surface area contributed by atoms with E-state index in [0.29, 0.717) is 0 Å². The van der Waals surface area contributed by atoms with Gasteiger partial charge in [-0.25, -0.2) is 0 Å². The smallest absolute Gasteiger partial charge is 0.104 e. The molecule has 4 N–H and O–H groups in total. The van der Waals surface area contributed by atoms with Gasteiger partial charge in [-0.2, -0.15) is 0 Å². The van der Waals surface area contributed by atoms with Crippen molar-refractivity contribution in [1.29, 1.82) is 0 Å². The first kappa shape index (κ1) is 10.3. The van der Waals surface area contributed by atoms with E-state index in [1.54, 1.807) is 0 Å². The van der Waals surface area contributed by atoms with Crippen LogP contribution < -0.4 is 0 Å². The number of alkyl halides is 1. The quantitative estimate of drug-likeness (QED) is 0.428. The molecule has 0 heterocycles. The summed E-state index contributed by atoms with van der Waals surface area (Å²) in [5.41, 5.74) is 0. The van der Waals surface area contributed by atoms with Crippen molar-refractivity contribution in [3.05, 3.63) is 0 Å². The van der Waals surface area contributed by atoms with Crippen LogP contribution in [0, 0.1) is 0 Å². The van der Waals surface area contributed by atoms with E-state index in [1.165, 1.54) is 0 Å². The summed E-state index contributed by atoms with van der Waals surface area (Å²) in [6.45, 7) is -0.790. The molecule has 3 atom stereocenters. The molecule has 10 heavy (non-hydrogen) atoms. The Hall–Kier alpha value is 0.320. The minimum Gasteiger partial charge on any atom is -0.395 e. The highest BCUT2D eigenvalue weighted by molar-refractivity contribution is 9.09. The van der Waals surface area contributed by atoms with Crippen LogP contribution in [0.15, 0.2) is 0 Å². The summed E-state index contributed by atoms with van der Waals surface area (Å²) >= 11 is 2.91. The summed E-state index contributed by atoms with van der Waals surface area (Å²) in [7, 11) is 0. The number of hydrogen-bond acceptors (Lipinski definition) is 4. The standard InChI is InChI=1S/C5H11BrO4/c6-3(1-7)5(10)4(9)2-8/h3-5,7-10H,1-2H2/t3-,4-,5+/m1/s1. The predicted octanol–water partition coefficient (Wildman–Crippen LogP) is -1.54. The predicted molar refractivity (Wildman–Crippen MR) is 38.9 cm³/mol. The van der Waals surface area contributed by atoms with Crippen LogP contribution in [0.2, 0.25) is 0 Å². The second-order valence-corrected chi connectivity index (χ2v) is 3.12. The number of rotatable bonds is 4. The lowest BCUT2D eigenvalue weighted by atomic mass is 10.1. The lowest BCUT2D eigenvalue weighted by Gasteiger charge is -2.18. The fourth-order valence-electron chi connectivity index (χ4n) is 0.457. The maximum atomic E-state index is 8.97. The maximum Gasteiger partial charge on any atom is 0.104 e. The van der Waals surface area contributed by atoms with E-state index >= 15 is 0 Å². The van der Waals surface area contributed by atoms with E-state index < -0.39 is 23.6 Å². The van der Waals surface area contributed by atoms with Crippen LogP contribution in [-0.4, -0.2) is 50.7 Å². The molecular formula is C5H11BrO4. The van der Waals surface area contributed by atoms with Gasteiger partial charge in [0, 0.05) is 0 Å². The molecule has 0 aliphatic rings. The van der Waals surface area contributed by atoms with E-state index in [-0.39, 0.29) is 6.61 Å². The Morgan fingerprint density at radius 1 is 1.10 bits per heavy atom. The maximum absolute atomic E-state index is 8.97. The summed E-state index contributed by atoms with van der Waals surface area (Å²) in [4.78, 5) is -0.588. The van der Waals surface area contributed by atoms with E-state index in [4.69, 9.17) is 20.4 Å². The summed E-state index contributed by atoms with van der Waals surface area (Å²) in [6.07, 6.45) is -2.33. The topological polar surface area (TPSA) is 80.9 Å². The Kier molecular flexibility index (Phi) is 5.20. The van der Waals surface area contributed by atoms with Crippen molar-refractivity contribution in [2.24, 2.45) is 0 Å². The van der Waals surface area contributed by atoms with E-state index in [0.717, 1.165) is 0 Å². The zero-order valence-corrected chi connectivity index (χ0v) is 6.90. The molecular weight excluding hydrogens is 204 g/mol. The third-order valence-corrected chi connectivity index (χ3v) is 1.96. The molecule has 0 saturated carbocycles. The van der Waals surface area contributed by atoms with Gasteiger partial charge in [-0.05, 0) is 0 Å². The molecule has 0 spiro atoms. The molecule has 0 saturated heterocycles. The second-order valence-electron chi connectivity index (χ2n) is 1.94.